The average molecular weight is 584 g/mol. The fourth-order valence-electron chi connectivity index (χ4n) is 5.11. The van der Waals surface area contributed by atoms with E-state index in [1.54, 1.807) is 10.9 Å². The van der Waals surface area contributed by atoms with Crippen LogP contribution in [0.2, 0.25) is 0 Å². The quantitative estimate of drug-likeness (QED) is 0.198. The summed E-state index contributed by atoms with van der Waals surface area (Å²) in [5.41, 5.74) is 5.78. The molecule has 224 valence electrons. The Morgan fingerprint density at radius 2 is 1.88 bits per heavy atom. The van der Waals surface area contributed by atoms with Gasteiger partial charge in [-0.2, -0.15) is 5.10 Å². The van der Waals surface area contributed by atoms with Crippen LogP contribution in [-0.4, -0.2) is 86.3 Å². The number of rotatable bonds is 12. The van der Waals surface area contributed by atoms with E-state index in [1.165, 1.54) is 5.56 Å². The summed E-state index contributed by atoms with van der Waals surface area (Å²) in [6.07, 6.45) is 5.41. The molecule has 1 unspecified atom stereocenters. The predicted molar refractivity (Wildman–Crippen MR) is 164 cm³/mol. The van der Waals surface area contributed by atoms with Crippen molar-refractivity contribution in [3.8, 4) is 22.5 Å². The molecular weight excluding hydrogens is 546 g/mol. The second kappa shape index (κ2) is 13.4. The number of nitrogens with one attached hydrogen (secondary N) is 2. The van der Waals surface area contributed by atoms with E-state index in [0.717, 1.165) is 74.6 Å². The van der Waals surface area contributed by atoms with Gasteiger partial charge in [-0.25, -0.2) is 9.97 Å². The topological polar surface area (TPSA) is 138 Å². The predicted octanol–water partition coefficient (Wildman–Crippen LogP) is 3.33. The summed E-state index contributed by atoms with van der Waals surface area (Å²) >= 11 is 0. The number of hydrogen-bond donors (Lipinski definition) is 4. The van der Waals surface area contributed by atoms with Gasteiger partial charge in [0.15, 0.2) is 0 Å². The molecule has 1 saturated heterocycles. The maximum Gasteiger partial charge on any atom is 0.227 e. The van der Waals surface area contributed by atoms with Crippen LogP contribution in [0.1, 0.15) is 18.4 Å². The fourth-order valence-corrected chi connectivity index (χ4v) is 5.11. The smallest absolute Gasteiger partial charge is 0.227 e. The van der Waals surface area contributed by atoms with Crippen molar-refractivity contribution in [1.82, 2.24) is 24.6 Å². The van der Waals surface area contributed by atoms with Gasteiger partial charge >= 0.3 is 0 Å². The van der Waals surface area contributed by atoms with E-state index >= 15 is 0 Å². The molecule has 11 nitrogen and oxygen atoms in total. The van der Waals surface area contributed by atoms with E-state index in [1.807, 2.05) is 48.7 Å². The van der Waals surface area contributed by atoms with Crippen LogP contribution in [0.15, 0.2) is 67.0 Å². The zero-order valence-corrected chi connectivity index (χ0v) is 24.0. The van der Waals surface area contributed by atoms with E-state index in [4.69, 9.17) is 14.8 Å². The lowest BCUT2D eigenvalue weighted by Crippen LogP contribution is -2.37. The number of hydrogen-bond acceptors (Lipinski definition) is 9. The molecule has 1 aliphatic heterocycles. The molecule has 1 saturated carbocycles. The summed E-state index contributed by atoms with van der Waals surface area (Å²) in [4.78, 5) is 23.9. The number of morpholine rings is 1. The molecule has 1 aliphatic carbocycles. The maximum atomic E-state index is 12.2. The van der Waals surface area contributed by atoms with Gasteiger partial charge in [-0.05, 0) is 55.2 Å². The first kappa shape index (κ1) is 28.9. The molecule has 0 spiro atoms. The van der Waals surface area contributed by atoms with Crippen LogP contribution in [0.3, 0.4) is 0 Å². The third-order valence-corrected chi connectivity index (χ3v) is 7.68. The normalized spacial score (nSPS) is 16.1. The van der Waals surface area contributed by atoms with E-state index in [0.29, 0.717) is 17.3 Å². The van der Waals surface area contributed by atoms with Gasteiger partial charge in [0.2, 0.25) is 11.9 Å². The first-order valence-electron chi connectivity index (χ1n) is 14.8. The fraction of sp³-hybridized carbons (Fsp3) is 0.375. The monoisotopic (exact) mass is 583 g/mol. The number of amides is 1. The lowest BCUT2D eigenvalue weighted by atomic mass is 10.1. The van der Waals surface area contributed by atoms with Crippen LogP contribution in [0, 0.1) is 5.92 Å². The van der Waals surface area contributed by atoms with Gasteiger partial charge in [-0.15, -0.1) is 0 Å². The SMILES string of the molecule is O=C(Nc1ccc(-c2nn(CC(O)CO)cc2-c2ccnc(Nc3cccc(CCN4CCOCC4)c3)n2)cc1)C1CC1. The first-order chi connectivity index (χ1) is 21.0. The van der Waals surface area contributed by atoms with Crippen molar-refractivity contribution in [1.29, 1.82) is 0 Å². The third kappa shape index (κ3) is 7.63. The number of ether oxygens (including phenoxy) is 1. The van der Waals surface area contributed by atoms with Gasteiger partial charge in [0.05, 0.1) is 38.2 Å². The van der Waals surface area contributed by atoms with Crippen molar-refractivity contribution >= 4 is 23.2 Å². The molecule has 43 heavy (non-hydrogen) atoms. The Kier molecular flexibility index (Phi) is 9.04. The highest BCUT2D eigenvalue weighted by molar-refractivity contribution is 5.94. The largest absolute Gasteiger partial charge is 0.394 e. The van der Waals surface area contributed by atoms with Gasteiger partial charge in [0.1, 0.15) is 5.69 Å². The second-order valence-corrected chi connectivity index (χ2v) is 11.1. The Labute approximate surface area is 250 Å². The Hall–Kier alpha value is -4.16. The third-order valence-electron chi connectivity index (χ3n) is 7.68. The van der Waals surface area contributed by atoms with E-state index in [-0.39, 0.29) is 25.0 Å². The van der Waals surface area contributed by atoms with Crippen molar-refractivity contribution in [3.63, 3.8) is 0 Å². The Balaban J connectivity index is 1.21. The van der Waals surface area contributed by atoms with Gasteiger partial charge < -0.3 is 25.6 Å². The van der Waals surface area contributed by atoms with Crippen LogP contribution in [0.4, 0.5) is 17.3 Å². The molecule has 4 N–H and O–H groups in total. The van der Waals surface area contributed by atoms with Crippen molar-refractivity contribution in [2.75, 3.05) is 50.1 Å². The number of aromatic nitrogens is 4. The number of aliphatic hydroxyl groups excluding tert-OH is 2. The lowest BCUT2D eigenvalue weighted by molar-refractivity contribution is -0.117. The number of carbonyl (C=O) groups excluding carboxylic acids is 1. The maximum absolute atomic E-state index is 12.2. The number of carbonyl (C=O) groups is 1. The molecule has 2 aromatic carbocycles. The summed E-state index contributed by atoms with van der Waals surface area (Å²) in [6, 6.07) is 17.6. The molecule has 2 aliphatic rings. The number of anilines is 3. The average Bonchev–Trinajstić information content (AvgIpc) is 3.81. The zero-order chi connectivity index (χ0) is 29.6. The minimum Gasteiger partial charge on any atom is -0.394 e. The second-order valence-electron chi connectivity index (χ2n) is 11.1. The molecular formula is C32H37N7O4. The van der Waals surface area contributed by atoms with Crippen molar-refractivity contribution in [3.05, 3.63) is 72.6 Å². The molecule has 3 heterocycles. The summed E-state index contributed by atoms with van der Waals surface area (Å²) in [7, 11) is 0. The minimum absolute atomic E-state index is 0.0550. The highest BCUT2D eigenvalue weighted by Crippen LogP contribution is 2.33. The van der Waals surface area contributed by atoms with Crippen LogP contribution in [-0.2, 0) is 22.5 Å². The van der Waals surface area contributed by atoms with Crippen molar-refractivity contribution in [2.24, 2.45) is 5.92 Å². The molecule has 0 bridgehead atoms. The van der Waals surface area contributed by atoms with Crippen molar-refractivity contribution < 1.29 is 19.7 Å². The molecule has 6 rings (SSSR count). The van der Waals surface area contributed by atoms with Gasteiger partial charge in [-0.1, -0.05) is 24.3 Å². The van der Waals surface area contributed by atoms with E-state index in [2.05, 4.69) is 32.7 Å². The number of aliphatic hydroxyl groups is 2. The van der Waals surface area contributed by atoms with Gasteiger partial charge in [-0.3, -0.25) is 14.4 Å². The van der Waals surface area contributed by atoms with Crippen LogP contribution >= 0.6 is 0 Å². The number of benzene rings is 2. The van der Waals surface area contributed by atoms with Crippen molar-refractivity contribution in [2.45, 2.75) is 31.9 Å². The van der Waals surface area contributed by atoms with Gasteiger partial charge in [0.25, 0.3) is 0 Å². The number of nitrogens with zero attached hydrogens (tertiary/aromatic N) is 5. The molecule has 4 aromatic rings. The Morgan fingerprint density at radius 1 is 1.07 bits per heavy atom. The first-order valence-corrected chi connectivity index (χ1v) is 14.8. The van der Waals surface area contributed by atoms with Crippen LogP contribution < -0.4 is 10.6 Å². The Bertz CT molecular complexity index is 1530. The minimum atomic E-state index is -0.946. The molecule has 11 heteroatoms. The summed E-state index contributed by atoms with van der Waals surface area (Å²) in [5, 5.41) is 30.5. The molecule has 1 atom stereocenters. The summed E-state index contributed by atoms with van der Waals surface area (Å²) < 4.78 is 7.07. The summed E-state index contributed by atoms with van der Waals surface area (Å²) in [5.74, 6) is 0.632. The molecule has 0 radical (unpaired) electrons. The molecule has 2 aromatic heterocycles. The van der Waals surface area contributed by atoms with Gasteiger partial charge in [0, 0.05) is 60.4 Å². The zero-order valence-electron chi connectivity index (χ0n) is 24.0. The van der Waals surface area contributed by atoms with Crippen LogP contribution in [0.5, 0.6) is 0 Å². The molecule has 1 amide bonds. The standard InChI is InChI=1S/C32H37N7O4/c40-21-27(41)19-39-20-28(30(37-39)23-6-8-25(9-7-23)34-31(42)24-4-5-24)29-10-12-33-32(36-29)35-26-3-1-2-22(18-26)11-13-38-14-16-43-17-15-38/h1-3,6-10,12,18,20,24,27,40-41H,4-5,11,13-17,19,21H2,(H,34,42)(H,33,35,36). The Morgan fingerprint density at radius 3 is 2.65 bits per heavy atom. The lowest BCUT2D eigenvalue weighted by Gasteiger charge is -2.26. The highest BCUT2D eigenvalue weighted by atomic mass is 16.5. The highest BCUT2D eigenvalue weighted by Gasteiger charge is 2.29. The summed E-state index contributed by atoms with van der Waals surface area (Å²) in [6.45, 7) is 4.28. The van der Waals surface area contributed by atoms with Crippen LogP contribution in [0.25, 0.3) is 22.5 Å². The van der Waals surface area contributed by atoms with E-state index in [9.17, 15) is 15.0 Å². The molecule has 2 fully saturated rings. The van der Waals surface area contributed by atoms with E-state index < -0.39 is 6.10 Å².